The first-order valence-electron chi connectivity index (χ1n) is 5.24. The lowest BCUT2D eigenvalue weighted by atomic mass is 10.2. The first-order chi connectivity index (χ1) is 7.75. The lowest BCUT2D eigenvalue weighted by Crippen LogP contribution is -2.34. The Balaban J connectivity index is 1.88. The van der Waals surface area contributed by atoms with Gasteiger partial charge in [-0.3, -0.25) is 0 Å². The second-order valence-electron chi connectivity index (χ2n) is 3.68. The van der Waals surface area contributed by atoms with Crippen molar-refractivity contribution in [2.45, 2.75) is 6.10 Å². The summed E-state index contributed by atoms with van der Waals surface area (Å²) < 4.78 is 12.0. The van der Waals surface area contributed by atoms with E-state index in [1.807, 2.05) is 18.2 Å². The lowest BCUT2D eigenvalue weighted by molar-refractivity contribution is -0.0818. The number of nitrogens with one attached hydrogen (secondary N) is 1. The van der Waals surface area contributed by atoms with E-state index < -0.39 is 0 Å². The Kier molecular flexibility index (Phi) is 4.25. The highest BCUT2D eigenvalue weighted by Gasteiger charge is 2.14. The van der Waals surface area contributed by atoms with Crippen LogP contribution in [0.15, 0.2) is 18.2 Å². The fraction of sp³-hybridized carbons (Fsp3) is 0.455. The van der Waals surface area contributed by atoms with E-state index in [-0.39, 0.29) is 6.10 Å². The predicted octanol–water partition coefficient (Wildman–Crippen LogP) is 1.70. The van der Waals surface area contributed by atoms with Crippen molar-refractivity contribution in [2.75, 3.05) is 37.4 Å². The molecule has 1 saturated heterocycles. The number of halogens is 1. The third kappa shape index (κ3) is 3.23. The van der Waals surface area contributed by atoms with Crippen molar-refractivity contribution in [3.63, 3.8) is 0 Å². The minimum absolute atomic E-state index is 0.118. The molecule has 5 heteroatoms. The molecule has 0 spiro atoms. The Hall–Kier alpha value is -0.530. The minimum atomic E-state index is 0.118. The van der Waals surface area contributed by atoms with Crippen LogP contribution in [0.5, 0.6) is 0 Å². The van der Waals surface area contributed by atoms with Crippen molar-refractivity contribution in [1.29, 1.82) is 0 Å². The van der Waals surface area contributed by atoms with Gasteiger partial charge in [0.15, 0.2) is 0 Å². The van der Waals surface area contributed by atoms with E-state index in [0.717, 1.165) is 21.5 Å². The van der Waals surface area contributed by atoms with Gasteiger partial charge in [-0.05, 0) is 40.8 Å². The third-order valence-electron chi connectivity index (χ3n) is 2.42. The zero-order valence-electron chi connectivity index (χ0n) is 8.91. The summed E-state index contributed by atoms with van der Waals surface area (Å²) in [6, 6.07) is 5.96. The van der Waals surface area contributed by atoms with Crippen LogP contribution in [0.25, 0.3) is 0 Å². The molecular weight excluding hydrogens is 319 g/mol. The molecule has 1 aliphatic heterocycles. The van der Waals surface area contributed by atoms with Gasteiger partial charge >= 0.3 is 0 Å². The molecule has 1 unspecified atom stereocenters. The quantitative estimate of drug-likeness (QED) is 0.653. The first-order valence-corrected chi connectivity index (χ1v) is 6.32. The van der Waals surface area contributed by atoms with Crippen LogP contribution in [0.4, 0.5) is 11.4 Å². The maximum atomic E-state index is 5.90. The van der Waals surface area contributed by atoms with Gasteiger partial charge in [-0.25, -0.2) is 0 Å². The maximum Gasteiger partial charge on any atom is 0.0981 e. The molecule has 16 heavy (non-hydrogen) atoms. The standard InChI is InChI=1S/C11H15IN2O2/c12-8-1-2-11(10(13)5-8)14-6-9-7-15-3-4-16-9/h1-2,5,9,14H,3-4,6-7,13H2. The summed E-state index contributed by atoms with van der Waals surface area (Å²) in [7, 11) is 0. The molecule has 1 atom stereocenters. The van der Waals surface area contributed by atoms with Gasteiger partial charge in [-0.15, -0.1) is 0 Å². The first kappa shape index (κ1) is 11.9. The fourth-order valence-corrected chi connectivity index (χ4v) is 2.09. The van der Waals surface area contributed by atoms with E-state index in [1.165, 1.54) is 0 Å². The van der Waals surface area contributed by atoms with Crippen LogP contribution in [0, 0.1) is 3.57 Å². The lowest BCUT2D eigenvalue weighted by Gasteiger charge is -2.23. The summed E-state index contributed by atoms with van der Waals surface area (Å²) in [6.07, 6.45) is 0.118. The van der Waals surface area contributed by atoms with Gasteiger partial charge in [0.25, 0.3) is 0 Å². The molecular formula is C11H15IN2O2. The molecule has 4 nitrogen and oxygen atoms in total. The highest BCUT2D eigenvalue weighted by atomic mass is 127. The topological polar surface area (TPSA) is 56.5 Å². The molecule has 0 bridgehead atoms. The molecule has 88 valence electrons. The molecule has 1 aromatic carbocycles. The summed E-state index contributed by atoms with van der Waals surface area (Å²) in [5.74, 6) is 0. The van der Waals surface area contributed by atoms with Crippen molar-refractivity contribution < 1.29 is 9.47 Å². The van der Waals surface area contributed by atoms with Crippen molar-refractivity contribution in [1.82, 2.24) is 0 Å². The molecule has 1 aromatic rings. The number of anilines is 2. The van der Waals surface area contributed by atoms with Crippen LogP contribution in [-0.4, -0.2) is 32.5 Å². The predicted molar refractivity (Wildman–Crippen MR) is 72.6 cm³/mol. The average Bonchev–Trinajstić information content (AvgIpc) is 2.29. The Labute approximate surface area is 109 Å². The zero-order valence-corrected chi connectivity index (χ0v) is 11.1. The van der Waals surface area contributed by atoms with E-state index in [0.29, 0.717) is 19.8 Å². The van der Waals surface area contributed by atoms with Crippen LogP contribution >= 0.6 is 22.6 Å². The second-order valence-corrected chi connectivity index (χ2v) is 4.93. The SMILES string of the molecule is Nc1cc(I)ccc1NCC1COCCO1. The average molecular weight is 334 g/mol. The molecule has 1 aliphatic rings. The largest absolute Gasteiger partial charge is 0.397 e. The summed E-state index contributed by atoms with van der Waals surface area (Å²) in [4.78, 5) is 0. The third-order valence-corrected chi connectivity index (χ3v) is 3.09. The number of rotatable bonds is 3. The molecule has 1 heterocycles. The van der Waals surface area contributed by atoms with Gasteiger partial charge < -0.3 is 20.5 Å². The van der Waals surface area contributed by atoms with Gasteiger partial charge in [-0.2, -0.15) is 0 Å². The van der Waals surface area contributed by atoms with E-state index in [2.05, 4.69) is 27.9 Å². The maximum absolute atomic E-state index is 5.90. The molecule has 0 amide bonds. The van der Waals surface area contributed by atoms with Crippen LogP contribution in [0.2, 0.25) is 0 Å². The molecule has 1 fully saturated rings. The second kappa shape index (κ2) is 5.70. The number of benzene rings is 1. The van der Waals surface area contributed by atoms with E-state index in [1.54, 1.807) is 0 Å². The van der Waals surface area contributed by atoms with E-state index in [9.17, 15) is 0 Å². The number of ether oxygens (including phenoxy) is 2. The molecule has 0 saturated carbocycles. The number of nitrogen functional groups attached to an aromatic ring is 1. The van der Waals surface area contributed by atoms with Gasteiger partial charge in [0, 0.05) is 10.1 Å². The molecule has 0 aromatic heterocycles. The molecule has 2 rings (SSSR count). The summed E-state index contributed by atoms with van der Waals surface area (Å²) in [5, 5.41) is 3.28. The molecule has 0 radical (unpaired) electrons. The van der Waals surface area contributed by atoms with Crippen molar-refractivity contribution in [3.05, 3.63) is 21.8 Å². The fourth-order valence-electron chi connectivity index (χ4n) is 1.57. The zero-order chi connectivity index (χ0) is 11.4. The Bertz CT molecular complexity index is 354. The molecule has 0 aliphatic carbocycles. The van der Waals surface area contributed by atoms with Gasteiger partial charge in [0.05, 0.1) is 37.3 Å². The smallest absolute Gasteiger partial charge is 0.0981 e. The van der Waals surface area contributed by atoms with Crippen LogP contribution in [0.1, 0.15) is 0 Å². The number of hydrogen-bond donors (Lipinski definition) is 2. The van der Waals surface area contributed by atoms with E-state index in [4.69, 9.17) is 15.2 Å². The van der Waals surface area contributed by atoms with Crippen molar-refractivity contribution in [3.8, 4) is 0 Å². The number of nitrogens with two attached hydrogens (primary N) is 1. The minimum Gasteiger partial charge on any atom is -0.397 e. The molecule has 3 N–H and O–H groups in total. The van der Waals surface area contributed by atoms with Crippen LogP contribution in [0.3, 0.4) is 0 Å². The Morgan fingerprint density at radius 1 is 1.44 bits per heavy atom. The van der Waals surface area contributed by atoms with Crippen molar-refractivity contribution >= 4 is 34.0 Å². The monoisotopic (exact) mass is 334 g/mol. The van der Waals surface area contributed by atoms with Crippen LogP contribution < -0.4 is 11.1 Å². The van der Waals surface area contributed by atoms with Crippen molar-refractivity contribution in [2.24, 2.45) is 0 Å². The normalized spacial score (nSPS) is 20.7. The Morgan fingerprint density at radius 2 is 2.31 bits per heavy atom. The van der Waals surface area contributed by atoms with Gasteiger partial charge in [-0.1, -0.05) is 0 Å². The Morgan fingerprint density at radius 3 is 3.00 bits per heavy atom. The van der Waals surface area contributed by atoms with Gasteiger partial charge in [0.1, 0.15) is 0 Å². The summed E-state index contributed by atoms with van der Waals surface area (Å²) in [6.45, 7) is 2.75. The highest BCUT2D eigenvalue weighted by Crippen LogP contribution is 2.20. The van der Waals surface area contributed by atoms with E-state index >= 15 is 0 Å². The summed E-state index contributed by atoms with van der Waals surface area (Å²) in [5.41, 5.74) is 7.62. The number of hydrogen-bond acceptors (Lipinski definition) is 4. The van der Waals surface area contributed by atoms with Crippen LogP contribution in [-0.2, 0) is 9.47 Å². The van der Waals surface area contributed by atoms with Gasteiger partial charge in [0.2, 0.25) is 0 Å². The summed E-state index contributed by atoms with van der Waals surface area (Å²) >= 11 is 2.24. The highest BCUT2D eigenvalue weighted by molar-refractivity contribution is 14.1.